The molecule has 6 nitrogen and oxygen atoms in total. The fraction of sp³-hybridized carbons (Fsp3) is 0.579. The van der Waals surface area contributed by atoms with Crippen molar-refractivity contribution in [2.45, 2.75) is 50.5 Å². The van der Waals surface area contributed by atoms with E-state index in [0.29, 0.717) is 12.2 Å². The van der Waals surface area contributed by atoms with Crippen molar-refractivity contribution in [1.29, 1.82) is 0 Å². The van der Waals surface area contributed by atoms with E-state index in [-0.39, 0.29) is 30.4 Å². The number of amides is 1. The number of hydrogen-bond acceptors (Lipinski definition) is 6. The second kappa shape index (κ2) is 11.9. The van der Waals surface area contributed by atoms with Crippen LogP contribution in [-0.4, -0.2) is 46.7 Å². The zero-order valence-electron chi connectivity index (χ0n) is 15.6. The molecule has 0 radical (unpaired) electrons. The molecule has 0 saturated carbocycles. The predicted molar refractivity (Wildman–Crippen MR) is 105 cm³/mol. The number of rotatable bonds is 12. The normalized spacial score (nSPS) is 14.3. The largest absolute Gasteiger partial charge is 0.460 e. The molecule has 1 amide bonds. The van der Waals surface area contributed by atoms with E-state index in [4.69, 9.17) is 10.5 Å². The minimum absolute atomic E-state index is 0.101. The highest BCUT2D eigenvalue weighted by molar-refractivity contribution is 8.00. The van der Waals surface area contributed by atoms with Crippen LogP contribution in [0.2, 0.25) is 0 Å². The molecule has 1 rings (SSSR count). The molecular formula is C19H30N2O4S. The summed E-state index contributed by atoms with van der Waals surface area (Å²) >= 11 is 1.59. The molecule has 2 unspecified atom stereocenters. The summed E-state index contributed by atoms with van der Waals surface area (Å²) in [5.74, 6) is -0.448. The molecular weight excluding hydrogens is 352 g/mol. The molecule has 0 heterocycles. The number of thioether (sulfide) groups is 1. The highest BCUT2D eigenvalue weighted by atomic mass is 32.2. The Morgan fingerprint density at radius 1 is 1.31 bits per heavy atom. The van der Waals surface area contributed by atoms with E-state index < -0.39 is 12.0 Å². The summed E-state index contributed by atoms with van der Waals surface area (Å²) in [6.45, 7) is 4.24. The minimum Gasteiger partial charge on any atom is -0.460 e. The number of hydrogen-bond donors (Lipinski definition) is 3. The van der Waals surface area contributed by atoms with Gasteiger partial charge in [-0.05, 0) is 18.4 Å². The number of carbonyl (C=O) groups excluding carboxylic acids is 2. The summed E-state index contributed by atoms with van der Waals surface area (Å²) in [6.07, 6.45) is 2.60. The molecule has 0 saturated heterocycles. The van der Waals surface area contributed by atoms with E-state index in [2.05, 4.69) is 19.2 Å². The van der Waals surface area contributed by atoms with Crippen molar-refractivity contribution in [3.05, 3.63) is 35.9 Å². The SMILES string of the molecule is CCCC(C)(CCO)SCC(N)C(=O)NCC(=O)OCc1ccccc1. The first-order valence-corrected chi connectivity index (χ1v) is 9.86. The van der Waals surface area contributed by atoms with Gasteiger partial charge in [-0.25, -0.2) is 0 Å². The lowest BCUT2D eigenvalue weighted by Gasteiger charge is -2.29. The Balaban J connectivity index is 2.31. The fourth-order valence-corrected chi connectivity index (χ4v) is 3.80. The van der Waals surface area contributed by atoms with Gasteiger partial charge in [0.15, 0.2) is 0 Å². The van der Waals surface area contributed by atoms with Crippen molar-refractivity contribution in [2.24, 2.45) is 5.73 Å². The van der Waals surface area contributed by atoms with E-state index in [1.54, 1.807) is 11.8 Å². The molecule has 1 aromatic carbocycles. The molecule has 0 fully saturated rings. The molecule has 146 valence electrons. The molecule has 0 aliphatic carbocycles. The number of aliphatic hydroxyl groups excluding tert-OH is 1. The first kappa shape index (κ1) is 22.5. The maximum Gasteiger partial charge on any atom is 0.325 e. The Bertz CT molecular complexity index is 548. The van der Waals surface area contributed by atoms with Crippen LogP contribution in [0.25, 0.3) is 0 Å². The van der Waals surface area contributed by atoms with Gasteiger partial charge >= 0.3 is 5.97 Å². The van der Waals surface area contributed by atoms with E-state index in [9.17, 15) is 14.7 Å². The van der Waals surface area contributed by atoms with Crippen LogP contribution in [-0.2, 0) is 20.9 Å². The van der Waals surface area contributed by atoms with Crippen molar-refractivity contribution in [3.8, 4) is 0 Å². The highest BCUT2D eigenvalue weighted by Gasteiger charge is 2.26. The third kappa shape index (κ3) is 8.69. The Kier molecular flexibility index (Phi) is 10.3. The van der Waals surface area contributed by atoms with Crippen LogP contribution >= 0.6 is 11.8 Å². The Morgan fingerprint density at radius 3 is 2.62 bits per heavy atom. The number of benzene rings is 1. The fourth-order valence-electron chi connectivity index (χ4n) is 2.48. The van der Waals surface area contributed by atoms with E-state index in [1.807, 2.05) is 30.3 Å². The Labute approximate surface area is 159 Å². The molecule has 0 bridgehead atoms. The molecule has 4 N–H and O–H groups in total. The van der Waals surface area contributed by atoms with E-state index in [1.165, 1.54) is 0 Å². The lowest BCUT2D eigenvalue weighted by Crippen LogP contribution is -2.45. The van der Waals surface area contributed by atoms with Gasteiger partial charge in [-0.1, -0.05) is 50.6 Å². The highest BCUT2D eigenvalue weighted by Crippen LogP contribution is 2.33. The lowest BCUT2D eigenvalue weighted by molar-refractivity contribution is -0.145. The second-order valence-corrected chi connectivity index (χ2v) is 8.06. The molecule has 0 aromatic heterocycles. The predicted octanol–water partition coefficient (Wildman–Crippen LogP) is 1.85. The number of nitrogens with two attached hydrogens (primary N) is 1. The molecule has 26 heavy (non-hydrogen) atoms. The molecule has 7 heteroatoms. The van der Waals surface area contributed by atoms with Gasteiger partial charge in [0.2, 0.25) is 5.91 Å². The van der Waals surface area contributed by atoms with Crippen molar-refractivity contribution < 1.29 is 19.4 Å². The monoisotopic (exact) mass is 382 g/mol. The number of carbonyl (C=O) groups is 2. The smallest absolute Gasteiger partial charge is 0.325 e. The number of nitrogens with one attached hydrogen (secondary N) is 1. The number of ether oxygens (including phenoxy) is 1. The summed E-state index contributed by atoms with van der Waals surface area (Å²) in [5, 5.41) is 11.7. The maximum absolute atomic E-state index is 12.0. The zero-order chi connectivity index (χ0) is 19.4. The molecule has 0 spiro atoms. The second-order valence-electron chi connectivity index (χ2n) is 6.46. The number of esters is 1. The van der Waals surface area contributed by atoms with Gasteiger partial charge in [0.25, 0.3) is 0 Å². The van der Waals surface area contributed by atoms with Crippen molar-refractivity contribution in [3.63, 3.8) is 0 Å². The van der Waals surface area contributed by atoms with Crippen LogP contribution in [0.4, 0.5) is 0 Å². The molecule has 2 atom stereocenters. The van der Waals surface area contributed by atoms with Gasteiger partial charge in [-0.3, -0.25) is 9.59 Å². The first-order chi connectivity index (χ1) is 12.4. The summed E-state index contributed by atoms with van der Waals surface area (Å²) < 4.78 is 5.01. The maximum atomic E-state index is 12.0. The molecule has 0 aliphatic rings. The summed E-state index contributed by atoms with van der Waals surface area (Å²) in [4.78, 5) is 23.8. The Morgan fingerprint density at radius 2 is 2.00 bits per heavy atom. The summed E-state index contributed by atoms with van der Waals surface area (Å²) in [7, 11) is 0. The van der Waals surface area contributed by atoms with Gasteiger partial charge in [0.1, 0.15) is 13.2 Å². The third-order valence-electron chi connectivity index (χ3n) is 4.02. The van der Waals surface area contributed by atoms with Crippen molar-refractivity contribution in [2.75, 3.05) is 18.9 Å². The van der Waals surface area contributed by atoms with E-state index >= 15 is 0 Å². The van der Waals surface area contributed by atoms with E-state index in [0.717, 1.165) is 18.4 Å². The van der Waals surface area contributed by atoms with Crippen molar-refractivity contribution >= 4 is 23.6 Å². The van der Waals surface area contributed by atoms with Gasteiger partial charge in [0, 0.05) is 17.1 Å². The zero-order valence-corrected chi connectivity index (χ0v) is 16.4. The molecule has 0 aliphatic heterocycles. The van der Waals surface area contributed by atoms with Crippen LogP contribution in [0.5, 0.6) is 0 Å². The van der Waals surface area contributed by atoms with Gasteiger partial charge < -0.3 is 20.9 Å². The van der Waals surface area contributed by atoms with Crippen LogP contribution in [0.3, 0.4) is 0 Å². The quantitative estimate of drug-likeness (QED) is 0.477. The lowest BCUT2D eigenvalue weighted by atomic mass is 10.0. The van der Waals surface area contributed by atoms with Gasteiger partial charge in [-0.2, -0.15) is 11.8 Å². The Hall–Kier alpha value is -1.57. The first-order valence-electron chi connectivity index (χ1n) is 8.88. The standard InChI is InChI=1S/C19H30N2O4S/c1-3-9-19(2,10-11-22)26-14-16(20)18(24)21-12-17(23)25-13-15-7-5-4-6-8-15/h4-8,16,22H,3,9-14,20H2,1-2H3,(H,21,24). The molecule has 1 aromatic rings. The minimum atomic E-state index is -0.711. The van der Waals surface area contributed by atoms with Crippen LogP contribution in [0.15, 0.2) is 30.3 Å². The van der Waals surface area contributed by atoms with Crippen molar-refractivity contribution in [1.82, 2.24) is 5.32 Å². The number of aliphatic hydroxyl groups is 1. The van der Waals surface area contributed by atoms with Crippen LogP contribution < -0.4 is 11.1 Å². The average Bonchev–Trinajstić information content (AvgIpc) is 2.63. The topological polar surface area (TPSA) is 102 Å². The van der Waals surface area contributed by atoms with Gasteiger partial charge in [0.05, 0.1) is 6.04 Å². The van der Waals surface area contributed by atoms with Crippen LogP contribution in [0.1, 0.15) is 38.7 Å². The summed E-state index contributed by atoms with van der Waals surface area (Å²) in [6, 6.07) is 8.63. The average molecular weight is 383 g/mol. The van der Waals surface area contributed by atoms with Crippen LogP contribution in [0, 0.1) is 0 Å². The summed E-state index contributed by atoms with van der Waals surface area (Å²) in [5.41, 5.74) is 6.81. The third-order valence-corrected chi connectivity index (χ3v) is 5.65. The van der Waals surface area contributed by atoms with Gasteiger partial charge in [-0.15, -0.1) is 0 Å².